The molecule has 0 radical (unpaired) electrons. The molecule has 2 unspecified atom stereocenters. The van der Waals surface area contributed by atoms with Gasteiger partial charge in [-0.2, -0.15) is 45.5 Å². The molecule has 52 heavy (non-hydrogen) atoms. The summed E-state index contributed by atoms with van der Waals surface area (Å²) in [6.45, 7) is 1.58. The van der Waals surface area contributed by atoms with E-state index in [0.717, 1.165) is 66.0 Å². The highest BCUT2D eigenvalue weighted by Crippen LogP contribution is 2.31. The summed E-state index contributed by atoms with van der Waals surface area (Å²) < 4.78 is 19.0. The largest absolute Gasteiger partial charge is 0.309 e. The van der Waals surface area contributed by atoms with Crippen molar-refractivity contribution in [3.8, 4) is 17.1 Å². The Hall–Kier alpha value is -2.98. The normalized spacial score (nSPS) is 21.0. The summed E-state index contributed by atoms with van der Waals surface area (Å²) in [5, 5.41) is 11.2. The first-order valence-corrected chi connectivity index (χ1v) is 21.8. The van der Waals surface area contributed by atoms with E-state index in [9.17, 15) is 18.8 Å². The number of halogens is 2. The molecule has 2 atom stereocenters. The Morgan fingerprint density at radius 1 is 0.885 bits per heavy atom. The van der Waals surface area contributed by atoms with Gasteiger partial charge < -0.3 is 5.73 Å². The van der Waals surface area contributed by atoms with Gasteiger partial charge in [0.1, 0.15) is 28.9 Å². The zero-order chi connectivity index (χ0) is 36.6. The van der Waals surface area contributed by atoms with Crippen LogP contribution in [0.3, 0.4) is 0 Å². The van der Waals surface area contributed by atoms with Gasteiger partial charge in [0, 0.05) is 35.0 Å². The van der Waals surface area contributed by atoms with E-state index in [-0.39, 0.29) is 40.9 Å². The third-order valence-electron chi connectivity index (χ3n) is 9.48. The molecule has 3 saturated heterocycles. The van der Waals surface area contributed by atoms with Crippen LogP contribution in [0.2, 0.25) is 0 Å². The van der Waals surface area contributed by atoms with Crippen molar-refractivity contribution in [3.05, 3.63) is 75.4 Å². The number of nitrogens with two attached hydrogens (primary N) is 1. The molecule has 0 saturated carbocycles. The van der Waals surface area contributed by atoms with Crippen molar-refractivity contribution in [3.63, 3.8) is 0 Å². The average Bonchev–Trinajstić information content (AvgIpc) is 3.78. The molecule has 4 aliphatic heterocycles. The number of fused-ring (bicyclic) bond motifs is 1. The molecule has 15 heteroatoms. The fourth-order valence-electron chi connectivity index (χ4n) is 6.55. The standard InChI is InChI=1S/C22H18BrFN4OS.C10H17N3OS.C5H8OS/c23-14-5-7-15(8-6-14)27-20(17-3-1-2-4-19(17)24)26-21-18(22(27)29)13-25-28(21)16-9-11-30-12-10-16;1-7(14)9-6-12-13(10(9)11)8-2-4-15-5-3-8;6-5-1-3-7-4-2-5/h1-8,13,16H,9-12H2;6,8-10H,2-5,11H2,1H3;1-4H2. The van der Waals surface area contributed by atoms with E-state index in [4.69, 9.17) is 10.7 Å². The molecule has 3 fully saturated rings. The van der Waals surface area contributed by atoms with Gasteiger partial charge in [0.15, 0.2) is 11.5 Å². The first kappa shape index (κ1) is 38.7. The lowest BCUT2D eigenvalue weighted by molar-refractivity contribution is -0.120. The van der Waals surface area contributed by atoms with Crippen LogP contribution in [0.1, 0.15) is 51.5 Å². The maximum absolute atomic E-state index is 14.8. The molecule has 2 aromatic heterocycles. The van der Waals surface area contributed by atoms with Gasteiger partial charge >= 0.3 is 0 Å². The molecular weight excluding hydrogens is 786 g/mol. The molecule has 0 spiro atoms. The molecule has 8 rings (SSSR count). The lowest BCUT2D eigenvalue weighted by atomic mass is 10.0. The van der Waals surface area contributed by atoms with Crippen molar-refractivity contribution in [2.24, 2.45) is 16.8 Å². The van der Waals surface area contributed by atoms with Crippen molar-refractivity contribution in [1.82, 2.24) is 24.3 Å². The molecule has 10 nitrogen and oxygen atoms in total. The van der Waals surface area contributed by atoms with E-state index in [0.29, 0.717) is 28.5 Å². The van der Waals surface area contributed by atoms with Crippen molar-refractivity contribution in [2.75, 3.05) is 34.5 Å². The molecule has 4 aromatic rings. The van der Waals surface area contributed by atoms with E-state index in [1.807, 2.05) is 69.2 Å². The van der Waals surface area contributed by atoms with Crippen molar-refractivity contribution < 1.29 is 14.0 Å². The SMILES string of the molecule is CC(=O)C1C=NN(C2CCSCC2)C1N.O=C1CCSCC1.O=c1c2cnn(C3CCSCC3)c2nc(-c2ccccc2F)n1-c1ccc(Br)cc1. The molecule has 0 bridgehead atoms. The molecule has 2 N–H and O–H groups in total. The van der Waals surface area contributed by atoms with Crippen LogP contribution in [0, 0.1) is 11.7 Å². The van der Waals surface area contributed by atoms with Crippen molar-refractivity contribution in [1.29, 1.82) is 0 Å². The predicted octanol–water partition coefficient (Wildman–Crippen LogP) is 6.97. The Bertz CT molecular complexity index is 1940. The van der Waals surface area contributed by atoms with Crippen LogP contribution >= 0.6 is 51.2 Å². The second-order valence-corrected chi connectivity index (χ2v) is 17.6. The zero-order valence-electron chi connectivity index (χ0n) is 29.0. The number of ketones is 2. The van der Waals surface area contributed by atoms with Gasteiger partial charge in [-0.1, -0.05) is 28.1 Å². The molecule has 2 aromatic carbocycles. The second kappa shape index (κ2) is 18.4. The molecular formula is C37H43BrFN7O3S3. The number of hydrogen-bond acceptors (Lipinski definition) is 11. The number of nitrogens with zero attached hydrogens (tertiary/aromatic N) is 6. The first-order valence-electron chi connectivity index (χ1n) is 17.6. The monoisotopic (exact) mass is 827 g/mol. The maximum Gasteiger partial charge on any atom is 0.269 e. The highest BCUT2D eigenvalue weighted by atomic mass is 79.9. The average molecular weight is 829 g/mol. The minimum atomic E-state index is -0.422. The summed E-state index contributed by atoms with van der Waals surface area (Å²) in [4.78, 5) is 40.1. The van der Waals surface area contributed by atoms with Crippen molar-refractivity contribution >= 4 is 80.0 Å². The van der Waals surface area contributed by atoms with Gasteiger partial charge in [-0.25, -0.2) is 14.1 Å². The van der Waals surface area contributed by atoms with E-state index in [2.05, 4.69) is 26.1 Å². The Morgan fingerprint density at radius 3 is 2.08 bits per heavy atom. The van der Waals surface area contributed by atoms with Gasteiger partial charge in [0.2, 0.25) is 0 Å². The predicted molar refractivity (Wildman–Crippen MR) is 216 cm³/mol. The maximum atomic E-state index is 14.8. The molecule has 0 amide bonds. The van der Waals surface area contributed by atoms with Crippen LogP contribution in [0.4, 0.5) is 4.39 Å². The number of carbonyl (C=O) groups excluding carboxylic acids is 2. The first-order chi connectivity index (χ1) is 25.2. The fraction of sp³-hybridized carbons (Fsp3) is 0.459. The van der Waals surface area contributed by atoms with Gasteiger partial charge in [0.25, 0.3) is 5.56 Å². The lowest BCUT2D eigenvalue weighted by Gasteiger charge is -2.33. The number of carbonyl (C=O) groups is 2. The number of aromatic nitrogens is 4. The summed E-state index contributed by atoms with van der Waals surface area (Å²) in [6.07, 6.45) is 8.88. The van der Waals surface area contributed by atoms with Gasteiger partial charge in [-0.3, -0.25) is 24.0 Å². The third-order valence-corrected chi connectivity index (χ3v) is 13.1. The number of benzene rings is 2. The molecule has 4 aliphatic rings. The number of Topliss-reactive ketones (excluding diaryl/α,β-unsaturated/α-hetero) is 2. The highest BCUT2D eigenvalue weighted by Gasteiger charge is 2.35. The summed E-state index contributed by atoms with van der Waals surface area (Å²) in [7, 11) is 0. The number of hydrazone groups is 1. The van der Waals surface area contributed by atoms with Crippen LogP contribution in [0.5, 0.6) is 0 Å². The highest BCUT2D eigenvalue weighted by molar-refractivity contribution is 9.10. The number of hydrogen-bond donors (Lipinski definition) is 1. The Kier molecular flexibility index (Phi) is 13.7. The minimum absolute atomic E-state index is 0.110. The molecule has 276 valence electrons. The van der Waals surface area contributed by atoms with E-state index in [1.54, 1.807) is 37.5 Å². The third kappa shape index (κ3) is 9.20. The zero-order valence-corrected chi connectivity index (χ0v) is 33.1. The van der Waals surface area contributed by atoms with Gasteiger partial charge in [-0.05, 0) is 92.0 Å². The van der Waals surface area contributed by atoms with Crippen LogP contribution < -0.4 is 11.3 Å². The van der Waals surface area contributed by atoms with Crippen LogP contribution in [0.15, 0.2) is 69.1 Å². The quantitative estimate of drug-likeness (QED) is 0.225. The van der Waals surface area contributed by atoms with Crippen molar-refractivity contribution in [2.45, 2.75) is 63.7 Å². The summed E-state index contributed by atoms with van der Waals surface area (Å²) >= 11 is 9.20. The number of rotatable bonds is 5. The second-order valence-electron chi connectivity index (χ2n) is 13.0. The Labute approximate surface area is 324 Å². The van der Waals surface area contributed by atoms with Crippen LogP contribution in [-0.2, 0) is 9.59 Å². The lowest BCUT2D eigenvalue weighted by Crippen LogP contribution is -2.48. The number of thioether (sulfide) groups is 3. The minimum Gasteiger partial charge on any atom is -0.309 e. The summed E-state index contributed by atoms with van der Waals surface area (Å²) in [5.74, 6) is 6.77. The van der Waals surface area contributed by atoms with Gasteiger partial charge in [0.05, 0.1) is 35.4 Å². The fourth-order valence-corrected chi connectivity index (χ4v) is 9.92. The van der Waals surface area contributed by atoms with Crippen LogP contribution in [0.25, 0.3) is 28.1 Å². The van der Waals surface area contributed by atoms with E-state index < -0.39 is 5.82 Å². The van der Waals surface area contributed by atoms with E-state index >= 15 is 0 Å². The smallest absolute Gasteiger partial charge is 0.269 e. The van der Waals surface area contributed by atoms with E-state index in [1.165, 1.54) is 22.1 Å². The Morgan fingerprint density at radius 2 is 1.50 bits per heavy atom. The Balaban J connectivity index is 0.000000174. The van der Waals surface area contributed by atoms with Gasteiger partial charge in [-0.15, -0.1) is 0 Å². The summed E-state index contributed by atoms with van der Waals surface area (Å²) in [5.41, 5.74) is 7.20. The van der Waals surface area contributed by atoms with Crippen LogP contribution in [-0.4, -0.2) is 88.8 Å². The topological polar surface area (TPSA) is 128 Å². The molecule has 0 aliphatic carbocycles. The molecule has 6 heterocycles. The summed E-state index contributed by atoms with van der Waals surface area (Å²) in [6, 6.07) is 14.4.